The van der Waals surface area contributed by atoms with Crippen LogP contribution in [0.15, 0.2) is 0 Å². The fraction of sp³-hybridized carbons (Fsp3) is 0.917. The van der Waals surface area contributed by atoms with Gasteiger partial charge >= 0.3 is 5.97 Å². The second-order valence-corrected chi connectivity index (χ2v) is 4.74. The van der Waals surface area contributed by atoms with Crippen molar-refractivity contribution in [1.29, 1.82) is 0 Å². The van der Waals surface area contributed by atoms with E-state index in [2.05, 4.69) is 5.32 Å². The number of carbonyl (C=O) groups is 1. The number of aliphatic carboxylic acids is 1. The molecule has 3 nitrogen and oxygen atoms in total. The van der Waals surface area contributed by atoms with E-state index in [0.717, 1.165) is 12.5 Å². The molecule has 1 aliphatic rings. The van der Waals surface area contributed by atoms with Crippen LogP contribution in [0.2, 0.25) is 0 Å². The van der Waals surface area contributed by atoms with Crippen molar-refractivity contribution in [2.24, 2.45) is 11.8 Å². The molecule has 1 aliphatic carbocycles. The summed E-state index contributed by atoms with van der Waals surface area (Å²) >= 11 is 0. The van der Waals surface area contributed by atoms with E-state index in [1.165, 1.54) is 38.5 Å². The molecular formula is C12H23NO2. The van der Waals surface area contributed by atoms with Crippen LogP contribution in [0.3, 0.4) is 0 Å². The molecule has 88 valence electrons. The van der Waals surface area contributed by atoms with E-state index in [1.807, 2.05) is 0 Å². The molecule has 2 N–H and O–H groups in total. The minimum absolute atomic E-state index is 0.267. The molecule has 1 atom stereocenters. The fourth-order valence-corrected chi connectivity index (χ4v) is 2.19. The maximum atomic E-state index is 10.6. The first kappa shape index (κ1) is 12.5. The van der Waals surface area contributed by atoms with Gasteiger partial charge in [0.1, 0.15) is 0 Å². The lowest BCUT2D eigenvalue weighted by Crippen LogP contribution is -2.28. The first-order chi connectivity index (χ1) is 7.20. The molecule has 1 saturated carbocycles. The topological polar surface area (TPSA) is 49.3 Å². The van der Waals surface area contributed by atoms with Crippen molar-refractivity contribution >= 4 is 5.97 Å². The van der Waals surface area contributed by atoms with Gasteiger partial charge in [-0.3, -0.25) is 4.79 Å². The second-order valence-electron chi connectivity index (χ2n) is 4.74. The minimum Gasteiger partial charge on any atom is -0.481 e. The van der Waals surface area contributed by atoms with Crippen molar-refractivity contribution < 1.29 is 9.90 Å². The Balaban J connectivity index is 1.98. The zero-order valence-electron chi connectivity index (χ0n) is 9.67. The molecule has 0 saturated heterocycles. The van der Waals surface area contributed by atoms with Gasteiger partial charge in [-0.25, -0.2) is 0 Å². The highest BCUT2D eigenvalue weighted by Crippen LogP contribution is 2.25. The highest BCUT2D eigenvalue weighted by Gasteiger charge is 2.13. The number of carboxylic acid groups (broad SMARTS) is 1. The molecule has 1 fully saturated rings. The van der Waals surface area contributed by atoms with Crippen molar-refractivity contribution in [3.8, 4) is 0 Å². The summed E-state index contributed by atoms with van der Waals surface area (Å²) in [5, 5.41) is 11.9. The largest absolute Gasteiger partial charge is 0.481 e. The second kappa shape index (κ2) is 6.83. The van der Waals surface area contributed by atoms with E-state index in [4.69, 9.17) is 5.11 Å². The Bertz CT molecular complexity index is 188. The van der Waals surface area contributed by atoms with E-state index < -0.39 is 5.97 Å². The molecular weight excluding hydrogens is 190 g/mol. The van der Waals surface area contributed by atoms with Crippen LogP contribution in [0, 0.1) is 11.8 Å². The van der Waals surface area contributed by atoms with Crippen molar-refractivity contribution in [3.63, 3.8) is 0 Å². The maximum Gasteiger partial charge on any atom is 0.307 e. The molecule has 1 unspecified atom stereocenters. The van der Waals surface area contributed by atoms with Gasteiger partial charge in [0.2, 0.25) is 0 Å². The summed E-state index contributed by atoms with van der Waals surface area (Å²) in [5.41, 5.74) is 0. The molecule has 3 heteroatoms. The first-order valence-electron chi connectivity index (χ1n) is 6.13. The Kier molecular flexibility index (Phi) is 5.69. The van der Waals surface area contributed by atoms with Gasteiger partial charge in [-0.1, -0.05) is 39.0 Å². The average Bonchev–Trinajstić information content (AvgIpc) is 2.25. The number of hydrogen-bond donors (Lipinski definition) is 2. The van der Waals surface area contributed by atoms with E-state index in [0.29, 0.717) is 6.54 Å². The molecule has 0 aromatic heterocycles. The van der Waals surface area contributed by atoms with Crippen LogP contribution in [-0.4, -0.2) is 24.2 Å². The van der Waals surface area contributed by atoms with E-state index in [1.54, 1.807) is 6.92 Å². The van der Waals surface area contributed by atoms with Crippen LogP contribution >= 0.6 is 0 Å². The lowest BCUT2D eigenvalue weighted by molar-refractivity contribution is -0.140. The predicted octanol–water partition coefficient (Wildman–Crippen LogP) is 2.27. The number of carboxylic acids is 1. The molecule has 0 aliphatic heterocycles. The Morgan fingerprint density at radius 1 is 1.40 bits per heavy atom. The standard InChI is InChI=1S/C12H23NO2/c1-10(12(14)15)9-13-8-7-11-5-3-2-4-6-11/h10-11,13H,2-9H2,1H3,(H,14,15). The quantitative estimate of drug-likeness (QED) is 0.665. The first-order valence-corrected chi connectivity index (χ1v) is 6.13. The van der Waals surface area contributed by atoms with Gasteiger partial charge in [0, 0.05) is 6.54 Å². The van der Waals surface area contributed by atoms with Gasteiger partial charge in [0.15, 0.2) is 0 Å². The van der Waals surface area contributed by atoms with Crippen molar-refractivity contribution in [2.45, 2.75) is 45.4 Å². The Labute approximate surface area is 92.3 Å². The van der Waals surface area contributed by atoms with Gasteiger partial charge in [-0.15, -0.1) is 0 Å². The van der Waals surface area contributed by atoms with Crippen LogP contribution in [0.1, 0.15) is 45.4 Å². The highest BCUT2D eigenvalue weighted by atomic mass is 16.4. The third-order valence-corrected chi connectivity index (χ3v) is 3.33. The van der Waals surface area contributed by atoms with Gasteiger partial charge in [0.05, 0.1) is 5.92 Å². The summed E-state index contributed by atoms with van der Waals surface area (Å²) in [6.45, 7) is 3.32. The van der Waals surface area contributed by atoms with Gasteiger partial charge in [0.25, 0.3) is 0 Å². The lowest BCUT2D eigenvalue weighted by Gasteiger charge is -2.21. The number of rotatable bonds is 6. The molecule has 1 rings (SSSR count). The fourth-order valence-electron chi connectivity index (χ4n) is 2.19. The SMILES string of the molecule is CC(CNCCC1CCCCC1)C(=O)O. The normalized spacial score (nSPS) is 20.1. The summed E-state index contributed by atoms with van der Waals surface area (Å²) in [5.74, 6) is -0.0945. The molecule has 0 bridgehead atoms. The molecule has 0 aromatic carbocycles. The molecule has 0 aromatic rings. The van der Waals surface area contributed by atoms with Gasteiger partial charge < -0.3 is 10.4 Å². The van der Waals surface area contributed by atoms with Crippen LogP contribution in [0.4, 0.5) is 0 Å². The van der Waals surface area contributed by atoms with E-state index in [9.17, 15) is 4.79 Å². The van der Waals surface area contributed by atoms with Gasteiger partial charge in [-0.2, -0.15) is 0 Å². The average molecular weight is 213 g/mol. The molecule has 0 heterocycles. The molecule has 0 amide bonds. The molecule has 0 radical (unpaired) electrons. The zero-order valence-corrected chi connectivity index (χ0v) is 9.67. The summed E-state index contributed by atoms with van der Waals surface area (Å²) in [7, 11) is 0. The summed E-state index contributed by atoms with van der Waals surface area (Å²) in [4.78, 5) is 10.6. The third kappa shape index (κ3) is 5.17. The highest BCUT2D eigenvalue weighted by molar-refractivity contribution is 5.69. The summed E-state index contributed by atoms with van der Waals surface area (Å²) in [6.07, 6.45) is 8.13. The van der Waals surface area contributed by atoms with Crippen LogP contribution < -0.4 is 5.32 Å². The smallest absolute Gasteiger partial charge is 0.307 e. The summed E-state index contributed by atoms with van der Waals surface area (Å²) < 4.78 is 0. The summed E-state index contributed by atoms with van der Waals surface area (Å²) in [6, 6.07) is 0. The maximum absolute atomic E-state index is 10.6. The Morgan fingerprint density at radius 3 is 2.67 bits per heavy atom. The predicted molar refractivity (Wildman–Crippen MR) is 60.9 cm³/mol. The molecule has 0 spiro atoms. The molecule has 15 heavy (non-hydrogen) atoms. The van der Waals surface area contributed by atoms with Crippen molar-refractivity contribution in [1.82, 2.24) is 5.32 Å². The Morgan fingerprint density at radius 2 is 2.07 bits per heavy atom. The van der Waals surface area contributed by atoms with Crippen LogP contribution in [0.5, 0.6) is 0 Å². The Hall–Kier alpha value is -0.570. The van der Waals surface area contributed by atoms with Crippen LogP contribution in [0.25, 0.3) is 0 Å². The van der Waals surface area contributed by atoms with Crippen LogP contribution in [-0.2, 0) is 4.79 Å². The lowest BCUT2D eigenvalue weighted by atomic mass is 9.87. The zero-order chi connectivity index (χ0) is 11.1. The number of hydrogen-bond acceptors (Lipinski definition) is 2. The van der Waals surface area contributed by atoms with E-state index >= 15 is 0 Å². The minimum atomic E-state index is -0.708. The van der Waals surface area contributed by atoms with Gasteiger partial charge in [-0.05, 0) is 18.9 Å². The van der Waals surface area contributed by atoms with Crippen molar-refractivity contribution in [2.75, 3.05) is 13.1 Å². The van der Waals surface area contributed by atoms with E-state index in [-0.39, 0.29) is 5.92 Å². The number of nitrogens with one attached hydrogen (secondary N) is 1. The monoisotopic (exact) mass is 213 g/mol. The third-order valence-electron chi connectivity index (χ3n) is 3.33. The van der Waals surface area contributed by atoms with Crippen molar-refractivity contribution in [3.05, 3.63) is 0 Å².